The molecule has 0 saturated carbocycles. The first-order chi connectivity index (χ1) is 11.1. The third kappa shape index (κ3) is 4.14. The van der Waals surface area contributed by atoms with Gasteiger partial charge in [0.15, 0.2) is 0 Å². The molecule has 2 aromatic heterocycles. The van der Waals surface area contributed by atoms with Crippen molar-refractivity contribution in [2.75, 3.05) is 5.32 Å². The first-order valence-electron chi connectivity index (χ1n) is 7.09. The first kappa shape index (κ1) is 15.6. The molecule has 0 aliphatic rings. The average molecular weight is 344 g/mol. The van der Waals surface area contributed by atoms with Crippen molar-refractivity contribution in [3.63, 3.8) is 0 Å². The molecule has 2 heterocycles. The Labute approximate surface area is 142 Å². The van der Waals surface area contributed by atoms with Gasteiger partial charge in [-0.25, -0.2) is 0 Å². The topological polar surface area (TPSA) is 80.9 Å². The maximum absolute atomic E-state index is 11.1. The van der Waals surface area contributed by atoms with E-state index in [1.165, 1.54) is 22.5 Å². The molecule has 0 unspecified atom stereocenters. The molecule has 7 heteroatoms. The van der Waals surface area contributed by atoms with Gasteiger partial charge in [0.05, 0.1) is 12.1 Å². The van der Waals surface area contributed by atoms with Crippen molar-refractivity contribution in [3.8, 4) is 0 Å². The molecule has 0 fully saturated rings. The van der Waals surface area contributed by atoms with Gasteiger partial charge in [-0.3, -0.25) is 4.79 Å². The fourth-order valence-corrected chi connectivity index (χ4v) is 3.63. The number of nitrogens with two attached hydrogens (primary N) is 1. The lowest BCUT2D eigenvalue weighted by molar-refractivity contribution is 0.100. The lowest BCUT2D eigenvalue weighted by atomic mass is 10.1. The van der Waals surface area contributed by atoms with Crippen molar-refractivity contribution in [3.05, 3.63) is 62.3 Å². The summed E-state index contributed by atoms with van der Waals surface area (Å²) in [6.45, 7) is 2.68. The smallest absolute Gasteiger partial charge is 0.249 e. The highest BCUT2D eigenvalue weighted by atomic mass is 32.1. The lowest BCUT2D eigenvalue weighted by Gasteiger charge is -1.99. The largest absolute Gasteiger partial charge is 0.366 e. The number of carbonyl (C=O) groups excluding carboxylic acids is 1. The number of aromatic nitrogens is 2. The van der Waals surface area contributed by atoms with Gasteiger partial charge in [-0.2, -0.15) is 0 Å². The highest BCUT2D eigenvalue weighted by Gasteiger charge is 2.07. The van der Waals surface area contributed by atoms with E-state index in [2.05, 4.69) is 46.7 Å². The number of benzene rings is 1. The normalized spacial score (nSPS) is 10.7. The highest BCUT2D eigenvalue weighted by molar-refractivity contribution is 7.15. The molecule has 3 N–H and O–H groups in total. The minimum Gasteiger partial charge on any atom is -0.366 e. The second-order valence-corrected chi connectivity index (χ2v) is 7.24. The molecule has 0 aliphatic heterocycles. The van der Waals surface area contributed by atoms with Crippen LogP contribution in [0.1, 0.15) is 31.4 Å². The Balaban J connectivity index is 1.58. The van der Waals surface area contributed by atoms with Gasteiger partial charge in [-0.15, -0.1) is 21.5 Å². The Hall–Kier alpha value is -2.25. The van der Waals surface area contributed by atoms with Gasteiger partial charge in [-0.1, -0.05) is 41.2 Å². The molecule has 23 heavy (non-hydrogen) atoms. The number of nitrogens with one attached hydrogen (secondary N) is 1. The number of hydrogen-bond acceptors (Lipinski definition) is 6. The molecule has 3 rings (SSSR count). The summed E-state index contributed by atoms with van der Waals surface area (Å²) < 4.78 is 0. The van der Waals surface area contributed by atoms with Crippen LogP contribution in [0, 0.1) is 6.92 Å². The monoisotopic (exact) mass is 344 g/mol. The summed E-state index contributed by atoms with van der Waals surface area (Å²) in [5.41, 5.74) is 8.27. The number of nitrogens with zero attached hydrogens (tertiary/aromatic N) is 2. The van der Waals surface area contributed by atoms with Crippen LogP contribution in [0.4, 0.5) is 5.13 Å². The van der Waals surface area contributed by atoms with Crippen molar-refractivity contribution in [2.24, 2.45) is 5.73 Å². The maximum atomic E-state index is 11.1. The number of anilines is 1. The maximum Gasteiger partial charge on any atom is 0.249 e. The number of hydrogen-bond donors (Lipinski definition) is 2. The highest BCUT2D eigenvalue weighted by Crippen LogP contribution is 2.21. The number of thiophene rings is 1. The van der Waals surface area contributed by atoms with Gasteiger partial charge in [0.25, 0.3) is 0 Å². The third-order valence-corrected chi connectivity index (χ3v) is 5.11. The second kappa shape index (κ2) is 6.89. The van der Waals surface area contributed by atoms with Gasteiger partial charge < -0.3 is 11.1 Å². The number of amides is 1. The summed E-state index contributed by atoms with van der Waals surface area (Å²) in [5, 5.41) is 15.1. The van der Waals surface area contributed by atoms with Crippen LogP contribution in [0.2, 0.25) is 0 Å². The molecule has 1 amide bonds. The zero-order chi connectivity index (χ0) is 16.2. The number of aryl methyl sites for hydroxylation is 1. The van der Waals surface area contributed by atoms with Crippen LogP contribution in [0.25, 0.3) is 0 Å². The quantitative estimate of drug-likeness (QED) is 0.719. The Bertz CT molecular complexity index is 808. The van der Waals surface area contributed by atoms with Crippen LogP contribution in [0.15, 0.2) is 35.7 Å². The molecule has 3 aromatic rings. The summed E-state index contributed by atoms with van der Waals surface area (Å²) in [4.78, 5) is 12.1. The number of rotatable bonds is 6. The van der Waals surface area contributed by atoms with Crippen molar-refractivity contribution in [1.29, 1.82) is 0 Å². The van der Waals surface area contributed by atoms with E-state index < -0.39 is 5.91 Å². The SMILES string of the molecule is Cc1ccc(Cc2nnc(NCc3cc(C(N)=O)cs3)s2)cc1. The fourth-order valence-electron chi connectivity index (χ4n) is 2.04. The predicted octanol–water partition coefficient (Wildman–Crippen LogP) is 3.21. The van der Waals surface area contributed by atoms with E-state index in [4.69, 9.17) is 5.73 Å². The van der Waals surface area contributed by atoms with Crippen LogP contribution in [-0.4, -0.2) is 16.1 Å². The van der Waals surface area contributed by atoms with E-state index in [1.54, 1.807) is 22.8 Å². The van der Waals surface area contributed by atoms with Gasteiger partial charge in [0.1, 0.15) is 5.01 Å². The molecule has 1 aromatic carbocycles. The first-order valence-corrected chi connectivity index (χ1v) is 8.79. The predicted molar refractivity (Wildman–Crippen MR) is 94.1 cm³/mol. The molecule has 118 valence electrons. The Morgan fingerprint density at radius 3 is 2.74 bits per heavy atom. The van der Waals surface area contributed by atoms with Crippen molar-refractivity contribution in [2.45, 2.75) is 19.9 Å². The number of carbonyl (C=O) groups is 1. The Morgan fingerprint density at radius 1 is 1.26 bits per heavy atom. The van der Waals surface area contributed by atoms with E-state index in [0.29, 0.717) is 12.1 Å². The van der Waals surface area contributed by atoms with Crippen molar-refractivity contribution >= 4 is 33.7 Å². The molecule has 0 spiro atoms. The van der Waals surface area contributed by atoms with Crippen LogP contribution in [0.5, 0.6) is 0 Å². The minimum absolute atomic E-state index is 0.399. The summed E-state index contributed by atoms with van der Waals surface area (Å²) >= 11 is 3.04. The average Bonchev–Trinajstić information content (AvgIpc) is 3.17. The molecular formula is C16H16N4OS2. The number of primary amides is 1. The molecule has 0 atom stereocenters. The van der Waals surface area contributed by atoms with Crippen LogP contribution < -0.4 is 11.1 Å². The zero-order valence-electron chi connectivity index (χ0n) is 12.6. The van der Waals surface area contributed by atoms with Gasteiger partial charge >= 0.3 is 0 Å². The van der Waals surface area contributed by atoms with Crippen molar-refractivity contribution < 1.29 is 4.79 Å². The van der Waals surface area contributed by atoms with Crippen LogP contribution >= 0.6 is 22.7 Å². The second-order valence-electron chi connectivity index (χ2n) is 5.18. The molecule has 0 bridgehead atoms. The minimum atomic E-state index is -0.399. The molecule has 0 aliphatic carbocycles. The van der Waals surface area contributed by atoms with E-state index in [9.17, 15) is 4.79 Å². The van der Waals surface area contributed by atoms with Crippen LogP contribution in [-0.2, 0) is 13.0 Å². The van der Waals surface area contributed by atoms with E-state index in [0.717, 1.165) is 21.4 Å². The summed E-state index contributed by atoms with van der Waals surface area (Å²) in [6, 6.07) is 10.2. The van der Waals surface area contributed by atoms with Crippen molar-refractivity contribution in [1.82, 2.24) is 10.2 Å². The van der Waals surface area contributed by atoms with Gasteiger partial charge in [-0.05, 0) is 18.6 Å². The van der Waals surface area contributed by atoms with E-state index in [1.807, 2.05) is 0 Å². The molecule has 5 nitrogen and oxygen atoms in total. The van der Waals surface area contributed by atoms with Gasteiger partial charge in [0.2, 0.25) is 11.0 Å². The summed E-state index contributed by atoms with van der Waals surface area (Å²) in [5.74, 6) is -0.399. The van der Waals surface area contributed by atoms with E-state index in [-0.39, 0.29) is 0 Å². The summed E-state index contributed by atoms with van der Waals surface area (Å²) in [7, 11) is 0. The van der Waals surface area contributed by atoms with E-state index >= 15 is 0 Å². The Morgan fingerprint density at radius 2 is 2.04 bits per heavy atom. The Kier molecular flexibility index (Phi) is 4.68. The molecule has 0 radical (unpaired) electrons. The molecular weight excluding hydrogens is 328 g/mol. The van der Waals surface area contributed by atoms with Crippen LogP contribution in [0.3, 0.4) is 0 Å². The standard InChI is InChI=1S/C16H16N4OS2/c1-10-2-4-11(5-3-10)6-14-19-20-16(23-14)18-8-13-7-12(9-22-13)15(17)21/h2-5,7,9H,6,8H2,1H3,(H2,17,21)(H,18,20). The fraction of sp³-hybridized carbons (Fsp3) is 0.188. The lowest BCUT2D eigenvalue weighted by Crippen LogP contribution is -2.09. The third-order valence-electron chi connectivity index (χ3n) is 3.29. The zero-order valence-corrected chi connectivity index (χ0v) is 14.2. The van der Waals surface area contributed by atoms with Gasteiger partial charge in [0, 0.05) is 16.7 Å². The summed E-state index contributed by atoms with van der Waals surface area (Å²) in [6.07, 6.45) is 0.782. The molecule has 0 saturated heterocycles.